The first kappa shape index (κ1) is 18.9. The first-order valence-corrected chi connectivity index (χ1v) is 9.31. The van der Waals surface area contributed by atoms with E-state index < -0.39 is 23.0 Å². The molecule has 4 rings (SSSR count). The molecule has 0 aliphatic heterocycles. The largest absolute Gasteiger partial charge is 0.422 e. The lowest BCUT2D eigenvalue weighted by Crippen LogP contribution is -2.12. The molecule has 4 aromatic rings. The van der Waals surface area contributed by atoms with Gasteiger partial charge in [0.25, 0.3) is 0 Å². The highest BCUT2D eigenvalue weighted by Gasteiger charge is 2.34. The van der Waals surface area contributed by atoms with Crippen LogP contribution in [0.4, 0.5) is 13.2 Å². The van der Waals surface area contributed by atoms with Gasteiger partial charge in [-0.05, 0) is 34.1 Å². The molecule has 142 valence electrons. The van der Waals surface area contributed by atoms with Crippen molar-refractivity contribution in [2.24, 2.45) is 0 Å². The fourth-order valence-electron chi connectivity index (χ4n) is 2.98. The minimum Gasteiger partial charge on any atom is -0.422 e. The van der Waals surface area contributed by atoms with Gasteiger partial charge in [0.05, 0.1) is 15.6 Å². The van der Waals surface area contributed by atoms with Gasteiger partial charge in [-0.1, -0.05) is 34.1 Å². The van der Waals surface area contributed by atoms with E-state index in [1.807, 2.05) is 0 Å². The van der Waals surface area contributed by atoms with Crippen LogP contribution in [-0.2, 0) is 6.18 Å². The molecule has 2 heterocycles. The lowest BCUT2D eigenvalue weighted by Gasteiger charge is -2.11. The maximum absolute atomic E-state index is 13.3. The summed E-state index contributed by atoms with van der Waals surface area (Å²) in [5.74, 6) is 0. The van der Waals surface area contributed by atoms with Crippen LogP contribution < -0.4 is 11.3 Å². The van der Waals surface area contributed by atoms with Gasteiger partial charge in [-0.3, -0.25) is 0 Å². The molecule has 0 saturated heterocycles. The quantitative estimate of drug-likeness (QED) is 0.287. The minimum atomic E-state index is -4.75. The normalized spacial score (nSPS) is 12.0. The van der Waals surface area contributed by atoms with Gasteiger partial charge >= 0.3 is 17.4 Å². The third kappa shape index (κ3) is 3.18. The van der Waals surface area contributed by atoms with Gasteiger partial charge in [0.1, 0.15) is 5.58 Å². The average Bonchev–Trinajstić information content (AvgIpc) is 2.60. The molecule has 0 unspecified atom stereocenters. The lowest BCUT2D eigenvalue weighted by molar-refractivity contribution is -0.136. The monoisotopic (exact) mass is 514 g/mol. The second-order valence-electron chi connectivity index (χ2n) is 5.91. The fraction of sp³-hybridized carbons (Fsp3) is 0.0526. The van der Waals surface area contributed by atoms with Crippen LogP contribution in [0.15, 0.2) is 69.8 Å². The van der Waals surface area contributed by atoms with E-state index in [0.29, 0.717) is 20.4 Å². The van der Waals surface area contributed by atoms with Gasteiger partial charge in [-0.25, -0.2) is 9.59 Å². The topological polar surface area (TPSA) is 60.4 Å². The van der Waals surface area contributed by atoms with Crippen molar-refractivity contribution >= 4 is 53.8 Å². The second-order valence-corrected chi connectivity index (χ2v) is 7.68. The fourth-order valence-corrected chi connectivity index (χ4v) is 4.32. The van der Waals surface area contributed by atoms with E-state index in [-0.39, 0.29) is 27.7 Å². The third-order valence-electron chi connectivity index (χ3n) is 4.12. The van der Waals surface area contributed by atoms with Gasteiger partial charge in [0, 0.05) is 26.9 Å². The Hall–Kier alpha value is -2.39. The van der Waals surface area contributed by atoms with E-state index >= 15 is 0 Å². The summed E-state index contributed by atoms with van der Waals surface area (Å²) in [7, 11) is 0. The van der Waals surface area contributed by atoms with Crippen LogP contribution in [0.25, 0.3) is 33.1 Å². The summed E-state index contributed by atoms with van der Waals surface area (Å²) >= 11 is 6.62. The molecule has 28 heavy (non-hydrogen) atoms. The number of alkyl halides is 3. The van der Waals surface area contributed by atoms with Gasteiger partial charge in [0.2, 0.25) is 0 Å². The molecule has 0 bridgehead atoms. The molecule has 2 aromatic heterocycles. The summed E-state index contributed by atoms with van der Waals surface area (Å²) in [6, 6.07) is 9.19. The molecule has 0 aliphatic rings. The van der Waals surface area contributed by atoms with Gasteiger partial charge in [-0.15, -0.1) is 0 Å². The van der Waals surface area contributed by atoms with Crippen LogP contribution in [0.1, 0.15) is 5.56 Å². The second kappa shape index (κ2) is 6.59. The van der Waals surface area contributed by atoms with Gasteiger partial charge in [0.15, 0.2) is 5.58 Å². The predicted octanol–water partition coefficient (Wildman–Crippen LogP) is 6.11. The van der Waals surface area contributed by atoms with Crippen molar-refractivity contribution < 1.29 is 22.0 Å². The molecular formula is C19H7Br2F3O4. The number of para-hydroxylation sites is 1. The molecule has 0 fully saturated rings. The summed E-state index contributed by atoms with van der Waals surface area (Å²) in [6.45, 7) is 0. The first-order valence-electron chi connectivity index (χ1n) is 7.72. The summed E-state index contributed by atoms with van der Waals surface area (Å²) in [5.41, 5.74) is -3.10. The van der Waals surface area contributed by atoms with Crippen molar-refractivity contribution in [1.29, 1.82) is 0 Å². The summed E-state index contributed by atoms with van der Waals surface area (Å²) in [4.78, 5) is 24.3. The van der Waals surface area contributed by atoms with E-state index in [1.165, 1.54) is 24.3 Å². The molecule has 0 saturated carbocycles. The van der Waals surface area contributed by atoms with Crippen LogP contribution in [0, 0.1) is 0 Å². The Labute approximate surface area is 170 Å². The first-order chi connectivity index (χ1) is 13.1. The number of benzene rings is 2. The Morgan fingerprint density at radius 3 is 2.32 bits per heavy atom. The number of hydrogen-bond acceptors (Lipinski definition) is 4. The Bertz CT molecular complexity index is 1370. The van der Waals surface area contributed by atoms with Crippen LogP contribution in [0.3, 0.4) is 0 Å². The van der Waals surface area contributed by atoms with Gasteiger partial charge < -0.3 is 8.83 Å². The van der Waals surface area contributed by atoms with E-state index in [4.69, 9.17) is 8.83 Å². The molecule has 0 radical (unpaired) electrons. The zero-order chi connectivity index (χ0) is 20.2. The van der Waals surface area contributed by atoms with Crippen molar-refractivity contribution in [3.63, 3.8) is 0 Å². The van der Waals surface area contributed by atoms with Crippen molar-refractivity contribution in [2.75, 3.05) is 0 Å². The van der Waals surface area contributed by atoms with Crippen molar-refractivity contribution in [1.82, 2.24) is 0 Å². The summed E-state index contributed by atoms with van der Waals surface area (Å²) in [6.07, 6.45) is -4.75. The Kier molecular flexibility index (Phi) is 4.46. The lowest BCUT2D eigenvalue weighted by atomic mass is 10.0. The minimum absolute atomic E-state index is 0.0226. The van der Waals surface area contributed by atoms with Crippen LogP contribution in [0.5, 0.6) is 0 Å². The number of fused-ring (bicyclic) bond motifs is 2. The molecule has 2 aromatic carbocycles. The van der Waals surface area contributed by atoms with E-state index in [0.717, 1.165) is 0 Å². The zero-order valence-electron chi connectivity index (χ0n) is 13.6. The predicted molar refractivity (Wildman–Crippen MR) is 104 cm³/mol. The van der Waals surface area contributed by atoms with E-state index in [9.17, 15) is 22.8 Å². The van der Waals surface area contributed by atoms with Gasteiger partial charge in [-0.2, -0.15) is 13.2 Å². The molecule has 0 aliphatic carbocycles. The number of hydrogen-bond donors (Lipinski definition) is 0. The Morgan fingerprint density at radius 1 is 0.857 bits per heavy atom. The molecule has 0 N–H and O–H groups in total. The van der Waals surface area contributed by atoms with Crippen LogP contribution in [-0.4, -0.2) is 0 Å². The third-order valence-corrected chi connectivity index (χ3v) is 5.16. The smallest absolute Gasteiger partial charge is 0.417 e. The molecular weight excluding hydrogens is 509 g/mol. The van der Waals surface area contributed by atoms with Crippen molar-refractivity contribution in [2.45, 2.75) is 6.18 Å². The standard InChI is InChI=1S/C19H7Br2F3O4/c20-9-4-8-5-12(18(26)28-16(8)14(21)6-9)10-2-1-3-11-13(19(22,23)24)7-15(25)27-17(10)11/h1-7H. The maximum Gasteiger partial charge on any atom is 0.417 e. The van der Waals surface area contributed by atoms with E-state index in [2.05, 4.69) is 31.9 Å². The molecule has 9 heteroatoms. The highest BCUT2D eigenvalue weighted by Crippen LogP contribution is 2.37. The summed E-state index contributed by atoms with van der Waals surface area (Å²) in [5, 5.41) is 0.210. The summed E-state index contributed by atoms with van der Waals surface area (Å²) < 4.78 is 51.6. The van der Waals surface area contributed by atoms with Crippen LogP contribution >= 0.6 is 31.9 Å². The highest BCUT2D eigenvalue weighted by atomic mass is 79.9. The molecule has 0 spiro atoms. The highest BCUT2D eigenvalue weighted by molar-refractivity contribution is 9.11. The van der Waals surface area contributed by atoms with Crippen molar-refractivity contribution in [3.8, 4) is 11.1 Å². The number of rotatable bonds is 1. The maximum atomic E-state index is 13.3. The molecule has 0 atom stereocenters. The zero-order valence-corrected chi connectivity index (χ0v) is 16.7. The number of halogens is 5. The molecule has 4 nitrogen and oxygen atoms in total. The van der Waals surface area contributed by atoms with E-state index in [1.54, 1.807) is 12.1 Å². The Balaban J connectivity index is 2.11. The molecule has 0 amide bonds. The Morgan fingerprint density at radius 2 is 1.61 bits per heavy atom. The SMILES string of the molecule is O=c1cc(C(F)(F)F)c2cccc(-c3cc4cc(Br)cc(Br)c4oc3=O)c2o1. The average molecular weight is 516 g/mol. The van der Waals surface area contributed by atoms with Crippen molar-refractivity contribution in [3.05, 3.63) is 77.8 Å². The van der Waals surface area contributed by atoms with Crippen LogP contribution in [0.2, 0.25) is 0 Å².